The Morgan fingerprint density at radius 2 is 1.82 bits per heavy atom. The van der Waals surface area contributed by atoms with Crippen LogP contribution in [-0.2, 0) is 4.79 Å². The monoisotopic (exact) mass is 320 g/mol. The van der Waals surface area contributed by atoms with Gasteiger partial charge >= 0.3 is 0 Å². The van der Waals surface area contributed by atoms with Crippen molar-refractivity contribution in [3.63, 3.8) is 0 Å². The molecule has 5 nitrogen and oxygen atoms in total. The molecule has 3 heterocycles. The zero-order valence-corrected chi connectivity index (χ0v) is 13.9. The zero-order chi connectivity index (χ0) is 14.9. The van der Waals surface area contributed by atoms with E-state index in [1.165, 1.54) is 37.1 Å². The van der Waals surface area contributed by atoms with Gasteiger partial charge in [0.15, 0.2) is 0 Å². The molecule has 1 amide bonds. The van der Waals surface area contributed by atoms with E-state index < -0.39 is 0 Å². The van der Waals surface area contributed by atoms with Gasteiger partial charge in [-0.3, -0.25) is 4.79 Å². The number of carbonyl (C=O) groups excluding carboxylic acids is 1. The van der Waals surface area contributed by atoms with Gasteiger partial charge in [0, 0.05) is 32.1 Å². The summed E-state index contributed by atoms with van der Waals surface area (Å²) in [6, 6.07) is 0. The van der Waals surface area contributed by atoms with Gasteiger partial charge in [-0.25, -0.2) is 0 Å². The molecule has 0 spiro atoms. The van der Waals surface area contributed by atoms with Gasteiger partial charge in [-0.05, 0) is 44.9 Å². The Labute approximate surface area is 135 Å². The number of likely N-dealkylation sites (tertiary alicyclic amines) is 1. The van der Waals surface area contributed by atoms with Crippen LogP contribution in [0.15, 0.2) is 0 Å². The summed E-state index contributed by atoms with van der Waals surface area (Å²) in [6.45, 7) is 3.76. The van der Waals surface area contributed by atoms with E-state index in [-0.39, 0.29) is 5.92 Å². The van der Waals surface area contributed by atoms with Gasteiger partial charge in [-0.1, -0.05) is 11.3 Å². The van der Waals surface area contributed by atoms with Crippen LogP contribution in [0.5, 0.6) is 0 Å². The van der Waals surface area contributed by atoms with Crippen LogP contribution in [0.1, 0.15) is 55.9 Å². The Morgan fingerprint density at radius 1 is 1.00 bits per heavy atom. The quantitative estimate of drug-likeness (QED) is 0.859. The zero-order valence-electron chi connectivity index (χ0n) is 13.0. The highest BCUT2D eigenvalue weighted by molar-refractivity contribution is 7.15. The van der Waals surface area contributed by atoms with Gasteiger partial charge in [0.1, 0.15) is 5.01 Å². The topological polar surface area (TPSA) is 49.3 Å². The number of anilines is 1. The van der Waals surface area contributed by atoms with E-state index in [0.717, 1.165) is 44.2 Å². The first-order valence-electron chi connectivity index (χ1n) is 8.68. The number of hydrogen-bond acceptors (Lipinski definition) is 5. The molecule has 2 aliphatic heterocycles. The Morgan fingerprint density at radius 3 is 2.59 bits per heavy atom. The van der Waals surface area contributed by atoms with Crippen LogP contribution in [-0.4, -0.2) is 47.2 Å². The van der Waals surface area contributed by atoms with Crippen molar-refractivity contribution in [1.82, 2.24) is 15.1 Å². The smallest absolute Gasteiger partial charge is 0.227 e. The minimum absolute atomic E-state index is 0.153. The van der Waals surface area contributed by atoms with Gasteiger partial charge in [0.25, 0.3) is 0 Å². The molecule has 0 radical (unpaired) electrons. The number of nitrogens with zero attached hydrogens (tertiary/aromatic N) is 4. The summed E-state index contributed by atoms with van der Waals surface area (Å²) in [5.74, 6) is 1.19. The maximum Gasteiger partial charge on any atom is 0.227 e. The lowest BCUT2D eigenvalue weighted by atomic mass is 9.96. The summed E-state index contributed by atoms with van der Waals surface area (Å²) in [5, 5.41) is 10.9. The van der Waals surface area contributed by atoms with Crippen LogP contribution in [0.3, 0.4) is 0 Å². The summed E-state index contributed by atoms with van der Waals surface area (Å²) < 4.78 is 0. The lowest BCUT2D eigenvalue weighted by Crippen LogP contribution is -2.46. The third-order valence-electron chi connectivity index (χ3n) is 5.07. The molecular formula is C16H24N4OS. The molecule has 0 bridgehead atoms. The first-order valence-corrected chi connectivity index (χ1v) is 9.50. The maximum absolute atomic E-state index is 12.7. The van der Waals surface area contributed by atoms with Gasteiger partial charge in [-0.15, -0.1) is 10.2 Å². The van der Waals surface area contributed by atoms with Crippen LogP contribution in [0, 0.1) is 5.92 Å². The molecule has 0 aromatic carbocycles. The van der Waals surface area contributed by atoms with Crippen molar-refractivity contribution >= 4 is 22.4 Å². The standard InChI is InChI=1S/C16H24N4OS/c21-15(19-8-2-1-3-9-19)13-5-4-10-20(11-13)16-18-17-14(22-16)12-6-7-12/h12-13H,1-11H2. The summed E-state index contributed by atoms with van der Waals surface area (Å²) in [5.41, 5.74) is 0. The predicted molar refractivity (Wildman–Crippen MR) is 87.3 cm³/mol. The van der Waals surface area contributed by atoms with Crippen LogP contribution in [0.4, 0.5) is 5.13 Å². The van der Waals surface area contributed by atoms with Crippen molar-refractivity contribution in [3.8, 4) is 0 Å². The first kappa shape index (κ1) is 14.4. The Kier molecular flexibility index (Phi) is 4.03. The second-order valence-corrected chi connectivity index (χ2v) is 7.86. The summed E-state index contributed by atoms with van der Waals surface area (Å²) >= 11 is 1.74. The normalized spacial score (nSPS) is 26.3. The van der Waals surface area contributed by atoms with Gasteiger partial charge in [-0.2, -0.15) is 0 Å². The molecule has 6 heteroatoms. The highest BCUT2D eigenvalue weighted by Gasteiger charge is 2.32. The van der Waals surface area contributed by atoms with Crippen LogP contribution in [0.25, 0.3) is 0 Å². The minimum atomic E-state index is 0.153. The number of hydrogen-bond donors (Lipinski definition) is 0. The molecule has 1 atom stereocenters. The Bertz CT molecular complexity index is 536. The number of carbonyl (C=O) groups is 1. The Hall–Kier alpha value is -1.17. The number of aromatic nitrogens is 2. The number of piperidine rings is 2. The summed E-state index contributed by atoms with van der Waals surface area (Å²) in [6.07, 6.45) is 8.26. The fraction of sp³-hybridized carbons (Fsp3) is 0.812. The molecular weight excluding hydrogens is 296 g/mol. The predicted octanol–water partition coefficient (Wildman–Crippen LogP) is 2.64. The molecule has 2 saturated heterocycles. The lowest BCUT2D eigenvalue weighted by molar-refractivity contribution is -0.136. The van der Waals surface area contributed by atoms with E-state index in [1.54, 1.807) is 11.3 Å². The number of amides is 1. The van der Waals surface area contributed by atoms with E-state index in [9.17, 15) is 4.79 Å². The number of rotatable bonds is 3. The first-order chi connectivity index (χ1) is 10.8. The lowest BCUT2D eigenvalue weighted by Gasteiger charge is -2.36. The van der Waals surface area contributed by atoms with E-state index in [4.69, 9.17) is 0 Å². The molecule has 4 rings (SSSR count). The average Bonchev–Trinajstić information content (AvgIpc) is 3.32. The van der Waals surface area contributed by atoms with Crippen molar-refractivity contribution in [3.05, 3.63) is 5.01 Å². The van der Waals surface area contributed by atoms with Crippen molar-refractivity contribution in [1.29, 1.82) is 0 Å². The average molecular weight is 320 g/mol. The largest absolute Gasteiger partial charge is 0.346 e. The van der Waals surface area contributed by atoms with E-state index in [1.807, 2.05) is 0 Å². The second kappa shape index (κ2) is 6.14. The van der Waals surface area contributed by atoms with Crippen LogP contribution >= 0.6 is 11.3 Å². The van der Waals surface area contributed by atoms with Crippen LogP contribution in [0.2, 0.25) is 0 Å². The highest BCUT2D eigenvalue weighted by atomic mass is 32.1. The molecule has 3 fully saturated rings. The second-order valence-electron chi connectivity index (χ2n) is 6.87. The van der Waals surface area contributed by atoms with E-state index >= 15 is 0 Å². The summed E-state index contributed by atoms with van der Waals surface area (Å²) in [7, 11) is 0. The Balaban J connectivity index is 1.40. The molecule has 1 saturated carbocycles. The maximum atomic E-state index is 12.7. The van der Waals surface area contributed by atoms with E-state index in [2.05, 4.69) is 20.0 Å². The van der Waals surface area contributed by atoms with Gasteiger partial charge in [0.05, 0.1) is 5.92 Å². The van der Waals surface area contributed by atoms with Crippen molar-refractivity contribution in [2.24, 2.45) is 5.92 Å². The third kappa shape index (κ3) is 2.98. The van der Waals surface area contributed by atoms with Crippen LogP contribution < -0.4 is 4.90 Å². The fourth-order valence-corrected chi connectivity index (χ4v) is 4.62. The van der Waals surface area contributed by atoms with Crippen molar-refractivity contribution in [2.75, 3.05) is 31.1 Å². The third-order valence-corrected chi connectivity index (χ3v) is 6.21. The van der Waals surface area contributed by atoms with Gasteiger partial charge < -0.3 is 9.80 Å². The molecule has 0 N–H and O–H groups in total. The highest BCUT2D eigenvalue weighted by Crippen LogP contribution is 2.43. The van der Waals surface area contributed by atoms with E-state index in [0.29, 0.717) is 11.8 Å². The summed E-state index contributed by atoms with van der Waals surface area (Å²) in [4.78, 5) is 17.1. The SMILES string of the molecule is O=C(C1CCCN(c2nnc(C3CC3)s2)C1)N1CCCCC1. The molecule has 3 aliphatic rings. The van der Waals surface area contributed by atoms with Crippen molar-refractivity contribution < 1.29 is 4.79 Å². The molecule has 1 aliphatic carbocycles. The fourth-order valence-electron chi connectivity index (χ4n) is 3.57. The molecule has 1 aromatic rings. The van der Waals surface area contributed by atoms with Crippen molar-refractivity contribution in [2.45, 2.75) is 50.9 Å². The molecule has 1 unspecified atom stereocenters. The molecule has 1 aromatic heterocycles. The minimum Gasteiger partial charge on any atom is -0.346 e. The molecule has 120 valence electrons. The molecule has 22 heavy (non-hydrogen) atoms. The van der Waals surface area contributed by atoms with Gasteiger partial charge in [0.2, 0.25) is 11.0 Å².